The SMILES string of the molecule is COc1ccc(-c2oc3c(=O)cc(C)oc3c2CC(=O)NC[C@@H]2CCCN3CCCC[C@H]23)cc1. The Balaban J connectivity index is 1.39. The van der Waals surface area contributed by atoms with Crippen molar-refractivity contribution in [3.63, 3.8) is 0 Å². The highest BCUT2D eigenvalue weighted by molar-refractivity contribution is 5.90. The van der Waals surface area contributed by atoms with Crippen LogP contribution in [0, 0.1) is 12.8 Å². The second-order valence-electron chi connectivity index (χ2n) is 9.50. The van der Waals surface area contributed by atoms with Crippen molar-refractivity contribution in [3.8, 4) is 17.1 Å². The van der Waals surface area contributed by atoms with Crippen LogP contribution in [-0.2, 0) is 11.2 Å². The largest absolute Gasteiger partial charge is 0.497 e. The van der Waals surface area contributed by atoms with E-state index in [1.54, 1.807) is 14.0 Å². The van der Waals surface area contributed by atoms with E-state index in [-0.39, 0.29) is 23.3 Å². The van der Waals surface area contributed by atoms with Crippen molar-refractivity contribution in [3.05, 3.63) is 51.9 Å². The minimum absolute atomic E-state index is 0.0852. The molecule has 2 aliphatic rings. The van der Waals surface area contributed by atoms with Crippen molar-refractivity contribution in [1.29, 1.82) is 0 Å². The summed E-state index contributed by atoms with van der Waals surface area (Å²) >= 11 is 0. The van der Waals surface area contributed by atoms with Crippen molar-refractivity contribution in [2.24, 2.45) is 5.92 Å². The number of fused-ring (bicyclic) bond motifs is 2. The number of ether oxygens (including phenoxy) is 1. The molecule has 2 fully saturated rings. The zero-order valence-electron chi connectivity index (χ0n) is 19.9. The van der Waals surface area contributed by atoms with E-state index in [4.69, 9.17) is 13.6 Å². The summed E-state index contributed by atoms with van der Waals surface area (Å²) in [7, 11) is 1.61. The highest BCUT2D eigenvalue weighted by atomic mass is 16.5. The minimum Gasteiger partial charge on any atom is -0.497 e. The van der Waals surface area contributed by atoms with E-state index >= 15 is 0 Å². The number of rotatable bonds is 6. The molecule has 2 aromatic heterocycles. The number of methoxy groups -OCH3 is 1. The predicted molar refractivity (Wildman–Crippen MR) is 130 cm³/mol. The number of hydrogen-bond acceptors (Lipinski definition) is 6. The zero-order chi connectivity index (χ0) is 23.7. The van der Waals surface area contributed by atoms with Crippen molar-refractivity contribution in [2.45, 2.75) is 51.5 Å². The van der Waals surface area contributed by atoms with Crippen LogP contribution in [-0.4, -0.2) is 43.6 Å². The summed E-state index contributed by atoms with van der Waals surface area (Å²) in [5.41, 5.74) is 1.60. The molecule has 0 spiro atoms. The summed E-state index contributed by atoms with van der Waals surface area (Å²) in [4.78, 5) is 28.3. The van der Waals surface area contributed by atoms with Crippen molar-refractivity contribution in [1.82, 2.24) is 10.2 Å². The van der Waals surface area contributed by atoms with Crippen molar-refractivity contribution < 1.29 is 18.4 Å². The number of carbonyl (C=O) groups is 1. The fraction of sp³-hybridized carbons (Fsp3) is 0.481. The Morgan fingerprint density at radius 1 is 1.09 bits per heavy atom. The van der Waals surface area contributed by atoms with Gasteiger partial charge in [-0.15, -0.1) is 0 Å². The van der Waals surface area contributed by atoms with Gasteiger partial charge in [0.15, 0.2) is 5.58 Å². The molecule has 0 unspecified atom stereocenters. The second kappa shape index (κ2) is 9.66. The standard InChI is InChI=1S/C27H32N2O5/c1-17-14-23(30)27-26(33-17)21(25(34-27)18-8-10-20(32-2)11-9-18)15-24(31)28-16-19-6-5-13-29-12-4-3-7-22(19)29/h8-11,14,19,22H,3-7,12-13,15-16H2,1-2H3,(H,28,31)/t19-,22+/m0/s1. The van der Waals surface area contributed by atoms with E-state index in [2.05, 4.69) is 10.2 Å². The minimum atomic E-state index is -0.250. The van der Waals surface area contributed by atoms with E-state index < -0.39 is 0 Å². The van der Waals surface area contributed by atoms with Crippen LogP contribution in [0.5, 0.6) is 5.75 Å². The average molecular weight is 465 g/mol. The molecule has 3 aromatic rings. The topological polar surface area (TPSA) is 84.9 Å². The molecule has 5 rings (SSSR count). The molecular weight excluding hydrogens is 432 g/mol. The van der Waals surface area contributed by atoms with E-state index in [9.17, 15) is 9.59 Å². The lowest BCUT2D eigenvalue weighted by Gasteiger charge is -2.44. The van der Waals surface area contributed by atoms with Gasteiger partial charge in [0.2, 0.25) is 16.9 Å². The van der Waals surface area contributed by atoms with E-state index in [0.717, 1.165) is 12.0 Å². The van der Waals surface area contributed by atoms with Crippen LogP contribution < -0.4 is 15.5 Å². The third-order valence-electron chi connectivity index (χ3n) is 7.26. The Labute approximate surface area is 199 Å². The molecule has 0 bridgehead atoms. The molecule has 0 saturated carbocycles. The highest BCUT2D eigenvalue weighted by Gasteiger charge is 2.33. The fourth-order valence-electron chi connectivity index (χ4n) is 5.58. The number of hydrogen-bond donors (Lipinski definition) is 1. The van der Waals surface area contributed by atoms with Gasteiger partial charge in [0.1, 0.15) is 17.3 Å². The van der Waals surface area contributed by atoms with E-state index in [1.165, 1.54) is 44.8 Å². The Hall–Kier alpha value is -3.06. The lowest BCUT2D eigenvalue weighted by atomic mass is 9.83. The Morgan fingerprint density at radius 2 is 1.88 bits per heavy atom. The Morgan fingerprint density at radius 3 is 2.68 bits per heavy atom. The van der Waals surface area contributed by atoms with Crippen LogP contribution in [0.15, 0.2) is 44.0 Å². The summed E-state index contributed by atoms with van der Waals surface area (Å²) in [6, 6.07) is 9.35. The third kappa shape index (κ3) is 4.49. The van der Waals surface area contributed by atoms with Gasteiger partial charge in [-0.2, -0.15) is 0 Å². The van der Waals surface area contributed by atoms with Crippen molar-refractivity contribution >= 4 is 17.1 Å². The maximum atomic E-state index is 13.1. The first-order valence-electron chi connectivity index (χ1n) is 12.2. The van der Waals surface area contributed by atoms with Gasteiger partial charge in [-0.1, -0.05) is 6.42 Å². The van der Waals surface area contributed by atoms with Gasteiger partial charge >= 0.3 is 0 Å². The molecule has 34 heavy (non-hydrogen) atoms. The molecule has 2 atom stereocenters. The zero-order valence-corrected chi connectivity index (χ0v) is 19.9. The highest BCUT2D eigenvalue weighted by Crippen LogP contribution is 2.34. The average Bonchev–Trinajstić information content (AvgIpc) is 3.21. The van der Waals surface area contributed by atoms with Crippen LogP contribution in [0.3, 0.4) is 0 Å². The number of benzene rings is 1. The van der Waals surface area contributed by atoms with Gasteiger partial charge < -0.3 is 23.8 Å². The second-order valence-corrected chi connectivity index (χ2v) is 9.50. The Bertz CT molecular complexity index is 1220. The van der Waals surface area contributed by atoms with Crippen LogP contribution in [0.2, 0.25) is 0 Å². The van der Waals surface area contributed by atoms with Gasteiger partial charge in [0.25, 0.3) is 0 Å². The number of amides is 1. The molecule has 0 aliphatic carbocycles. The summed E-state index contributed by atoms with van der Waals surface area (Å²) in [5, 5.41) is 3.17. The monoisotopic (exact) mass is 464 g/mol. The quantitative estimate of drug-likeness (QED) is 0.586. The number of piperidine rings is 2. The molecule has 1 N–H and O–H groups in total. The molecule has 1 amide bonds. The normalized spacial score (nSPS) is 20.8. The van der Waals surface area contributed by atoms with E-state index in [1.807, 2.05) is 24.3 Å². The number of carbonyl (C=O) groups excluding carboxylic acids is 1. The Kier molecular flexibility index (Phi) is 6.46. The molecular formula is C27H32N2O5. The summed E-state index contributed by atoms with van der Waals surface area (Å²) in [5.74, 6) is 2.08. The van der Waals surface area contributed by atoms with Gasteiger partial charge in [0.05, 0.1) is 19.1 Å². The molecule has 7 nitrogen and oxygen atoms in total. The maximum absolute atomic E-state index is 13.1. The molecule has 180 valence electrons. The predicted octanol–water partition coefficient (Wildman–Crippen LogP) is 4.29. The van der Waals surface area contributed by atoms with Gasteiger partial charge in [-0.25, -0.2) is 0 Å². The van der Waals surface area contributed by atoms with E-state index in [0.29, 0.717) is 46.9 Å². The van der Waals surface area contributed by atoms with Crippen LogP contribution >= 0.6 is 0 Å². The maximum Gasteiger partial charge on any atom is 0.228 e. The summed E-state index contributed by atoms with van der Waals surface area (Å²) in [6.45, 7) is 4.76. The van der Waals surface area contributed by atoms with Gasteiger partial charge in [-0.3, -0.25) is 9.59 Å². The molecule has 2 saturated heterocycles. The first kappa shape index (κ1) is 22.7. The lowest BCUT2D eigenvalue weighted by Crippen LogP contribution is -2.51. The molecule has 7 heteroatoms. The molecule has 1 aromatic carbocycles. The number of furan rings is 1. The number of aryl methyl sites for hydroxylation is 1. The van der Waals surface area contributed by atoms with Crippen LogP contribution in [0.1, 0.15) is 43.4 Å². The number of nitrogens with zero attached hydrogens (tertiary/aromatic N) is 1. The first-order valence-corrected chi connectivity index (χ1v) is 12.2. The van der Waals surface area contributed by atoms with Gasteiger partial charge in [-0.05, 0) is 75.9 Å². The number of nitrogens with one attached hydrogen (secondary N) is 1. The van der Waals surface area contributed by atoms with Crippen LogP contribution in [0.4, 0.5) is 0 Å². The summed E-state index contributed by atoms with van der Waals surface area (Å²) in [6.07, 6.45) is 6.20. The molecule has 2 aliphatic heterocycles. The molecule has 0 radical (unpaired) electrons. The summed E-state index contributed by atoms with van der Waals surface area (Å²) < 4.78 is 17.1. The first-order chi connectivity index (χ1) is 16.5. The van der Waals surface area contributed by atoms with Gasteiger partial charge in [0, 0.05) is 24.2 Å². The lowest BCUT2D eigenvalue weighted by molar-refractivity contribution is -0.120. The third-order valence-corrected chi connectivity index (χ3v) is 7.26. The molecule has 4 heterocycles. The van der Waals surface area contributed by atoms with Crippen LogP contribution in [0.25, 0.3) is 22.5 Å². The fourth-order valence-corrected chi connectivity index (χ4v) is 5.58. The van der Waals surface area contributed by atoms with Crippen molar-refractivity contribution in [2.75, 3.05) is 26.7 Å². The smallest absolute Gasteiger partial charge is 0.228 e.